The van der Waals surface area contributed by atoms with Gasteiger partial charge in [-0.15, -0.1) is 24.0 Å². The second kappa shape index (κ2) is 3.71. The molecule has 0 amide bonds. The van der Waals surface area contributed by atoms with Crippen LogP contribution in [0.15, 0.2) is 22.4 Å². The average Bonchev–Trinajstić information content (AvgIpc) is 2.46. The molecule has 0 bridgehead atoms. The molecule has 0 aliphatic heterocycles. The number of benzene rings is 1. The molecule has 0 aliphatic carbocycles. The summed E-state index contributed by atoms with van der Waals surface area (Å²) in [6, 6.07) is 5.36. The fourth-order valence-corrected chi connectivity index (χ4v) is 3.50. The molecule has 2 aromatic rings. The highest BCUT2D eigenvalue weighted by atomic mass is 127. The molecule has 72 valence electrons. The maximum absolute atomic E-state index is 10.9. The molecule has 2 nitrogen and oxygen atoms in total. The first-order valence-electron chi connectivity index (χ1n) is 3.74. The summed E-state index contributed by atoms with van der Waals surface area (Å²) in [4.78, 5) is 10.9. The van der Waals surface area contributed by atoms with Gasteiger partial charge in [0, 0.05) is 13.7 Å². The van der Waals surface area contributed by atoms with Crippen molar-refractivity contribution in [3.8, 4) is 0 Å². The number of carboxylic acid groups (broad SMARTS) is 1. The molecule has 14 heavy (non-hydrogen) atoms. The minimum absolute atomic E-state index is 0.351. The number of aromatic carboxylic acids is 1. The lowest BCUT2D eigenvalue weighted by Crippen LogP contribution is -1.98. The van der Waals surface area contributed by atoms with E-state index in [4.69, 9.17) is 5.11 Å². The molecular weight excluding hydrogens is 331 g/mol. The van der Waals surface area contributed by atoms with Crippen LogP contribution >= 0.6 is 46.6 Å². The van der Waals surface area contributed by atoms with Crippen molar-refractivity contribution in [1.29, 1.82) is 0 Å². The molecule has 0 radical (unpaired) electrons. The second-order valence-corrected chi connectivity index (χ2v) is 5.68. The van der Waals surface area contributed by atoms with E-state index in [-0.39, 0.29) is 0 Å². The van der Waals surface area contributed by atoms with Crippen LogP contribution in [-0.2, 0) is 0 Å². The van der Waals surface area contributed by atoms with Gasteiger partial charge in [-0.1, -0.05) is 0 Å². The molecule has 0 saturated carbocycles. The first-order chi connectivity index (χ1) is 6.59. The minimum atomic E-state index is -0.886. The second-order valence-electron chi connectivity index (χ2n) is 2.73. The van der Waals surface area contributed by atoms with Crippen LogP contribution in [0.2, 0.25) is 0 Å². The van der Waals surface area contributed by atoms with Gasteiger partial charge in [0.15, 0.2) is 0 Å². The van der Waals surface area contributed by atoms with Crippen LogP contribution in [0.3, 0.4) is 0 Å². The fraction of sp³-hybridized carbons (Fsp3) is 0. The number of carboxylic acids is 1. The van der Waals surface area contributed by atoms with Gasteiger partial charge in [0.25, 0.3) is 0 Å². The van der Waals surface area contributed by atoms with Crippen molar-refractivity contribution < 1.29 is 9.90 Å². The van der Waals surface area contributed by atoms with Gasteiger partial charge in [0.05, 0.1) is 9.77 Å². The Kier molecular flexibility index (Phi) is 2.72. The number of fused-ring (bicyclic) bond motifs is 1. The van der Waals surface area contributed by atoms with Crippen molar-refractivity contribution in [1.82, 2.24) is 0 Å². The topological polar surface area (TPSA) is 37.3 Å². The summed E-state index contributed by atoms with van der Waals surface area (Å²) in [6.07, 6.45) is 0. The summed E-state index contributed by atoms with van der Waals surface area (Å²) < 4.78 is 2.76. The molecule has 0 fully saturated rings. The smallest absolute Gasteiger partial charge is 0.336 e. The van der Waals surface area contributed by atoms with Gasteiger partial charge >= 0.3 is 5.97 Å². The number of carbonyl (C=O) groups is 1. The molecule has 1 N–H and O–H groups in total. The highest BCUT2D eigenvalue weighted by Crippen LogP contribution is 2.32. The summed E-state index contributed by atoms with van der Waals surface area (Å²) in [7, 11) is 0. The van der Waals surface area contributed by atoms with Gasteiger partial charge in [-0.05, 0) is 40.8 Å². The lowest BCUT2D eigenvalue weighted by atomic mass is 10.2. The van der Waals surface area contributed by atoms with Crippen LogP contribution in [0.1, 0.15) is 10.4 Å². The highest BCUT2D eigenvalue weighted by Gasteiger charge is 2.12. The Bertz CT molecular complexity index is 519. The Balaban J connectivity index is 2.80. The monoisotopic (exact) mass is 336 g/mol. The number of hydrogen-bond acceptors (Lipinski definition) is 3. The number of hydrogen-bond donors (Lipinski definition) is 2. The van der Waals surface area contributed by atoms with Gasteiger partial charge in [-0.25, -0.2) is 4.79 Å². The van der Waals surface area contributed by atoms with Crippen LogP contribution < -0.4 is 0 Å². The third kappa shape index (κ3) is 1.64. The van der Waals surface area contributed by atoms with Crippen LogP contribution in [0.25, 0.3) is 10.1 Å². The Hall–Kier alpha value is -0.270. The predicted molar refractivity (Wildman–Crippen MR) is 68.8 cm³/mol. The van der Waals surface area contributed by atoms with Gasteiger partial charge in [-0.3, -0.25) is 0 Å². The van der Waals surface area contributed by atoms with E-state index in [0.29, 0.717) is 5.56 Å². The highest BCUT2D eigenvalue weighted by molar-refractivity contribution is 14.1. The zero-order valence-electron chi connectivity index (χ0n) is 6.82. The molecule has 0 atom stereocenters. The summed E-state index contributed by atoms with van der Waals surface area (Å²) >= 11 is 7.86. The zero-order chi connectivity index (χ0) is 10.3. The minimum Gasteiger partial charge on any atom is -0.478 e. The van der Waals surface area contributed by atoms with Crippen LogP contribution in [0.4, 0.5) is 0 Å². The van der Waals surface area contributed by atoms with Crippen LogP contribution in [0, 0.1) is 3.57 Å². The lowest BCUT2D eigenvalue weighted by Gasteiger charge is -1.99. The Morgan fingerprint density at radius 2 is 2.21 bits per heavy atom. The lowest BCUT2D eigenvalue weighted by molar-refractivity contribution is 0.0696. The Morgan fingerprint density at radius 1 is 1.50 bits per heavy atom. The van der Waals surface area contributed by atoms with Crippen molar-refractivity contribution in [2.45, 2.75) is 4.21 Å². The quantitative estimate of drug-likeness (QED) is 0.618. The molecule has 5 heteroatoms. The van der Waals surface area contributed by atoms with E-state index in [1.54, 1.807) is 17.4 Å². The van der Waals surface area contributed by atoms with Crippen molar-refractivity contribution >= 4 is 62.6 Å². The first kappa shape index (κ1) is 10.3. The maximum Gasteiger partial charge on any atom is 0.336 e. The van der Waals surface area contributed by atoms with E-state index in [2.05, 4.69) is 35.2 Å². The Morgan fingerprint density at radius 3 is 2.86 bits per heavy atom. The normalized spacial score (nSPS) is 10.7. The van der Waals surface area contributed by atoms with Crippen molar-refractivity contribution in [3.05, 3.63) is 27.3 Å². The first-order valence-corrected chi connectivity index (χ1v) is 6.08. The number of rotatable bonds is 1. The molecule has 2 rings (SSSR count). The van der Waals surface area contributed by atoms with E-state index < -0.39 is 5.97 Å². The number of thiol groups is 1. The zero-order valence-corrected chi connectivity index (χ0v) is 10.7. The third-order valence-corrected chi connectivity index (χ3v) is 4.32. The van der Waals surface area contributed by atoms with Crippen LogP contribution in [0.5, 0.6) is 0 Å². The van der Waals surface area contributed by atoms with Gasteiger partial charge in [0.2, 0.25) is 0 Å². The summed E-state index contributed by atoms with van der Waals surface area (Å²) in [5, 5.41) is 9.88. The van der Waals surface area contributed by atoms with Crippen molar-refractivity contribution in [2.75, 3.05) is 0 Å². The molecule has 0 spiro atoms. The van der Waals surface area contributed by atoms with Gasteiger partial charge in [-0.2, -0.15) is 0 Å². The van der Waals surface area contributed by atoms with Crippen LogP contribution in [-0.4, -0.2) is 11.1 Å². The van der Waals surface area contributed by atoms with E-state index in [0.717, 1.165) is 17.9 Å². The Labute approximate surface area is 103 Å². The molecule has 0 unspecified atom stereocenters. The van der Waals surface area contributed by atoms with Crippen molar-refractivity contribution in [2.24, 2.45) is 0 Å². The molecule has 1 heterocycles. The largest absolute Gasteiger partial charge is 0.478 e. The SMILES string of the molecule is O=C(O)c1ccc2sc(S)cc2c1I. The summed E-state index contributed by atoms with van der Waals surface area (Å²) in [5.41, 5.74) is 0.351. The fourth-order valence-electron chi connectivity index (χ4n) is 1.23. The number of halogens is 1. The molecule has 0 saturated heterocycles. The van der Waals surface area contributed by atoms with E-state index in [1.165, 1.54) is 0 Å². The predicted octanol–water partition coefficient (Wildman–Crippen LogP) is 3.49. The summed E-state index contributed by atoms with van der Waals surface area (Å²) in [5.74, 6) is -0.886. The third-order valence-electron chi connectivity index (χ3n) is 1.85. The average molecular weight is 336 g/mol. The van der Waals surface area contributed by atoms with E-state index in [9.17, 15) is 4.79 Å². The summed E-state index contributed by atoms with van der Waals surface area (Å²) in [6.45, 7) is 0. The standard InChI is InChI=1S/C9H5IO2S2/c10-8-4(9(11)12)1-2-6-5(8)3-7(13)14-6/h1-3,13H,(H,11,12). The van der Waals surface area contributed by atoms with E-state index in [1.807, 2.05) is 12.1 Å². The van der Waals surface area contributed by atoms with Gasteiger partial charge in [0.1, 0.15) is 0 Å². The molecule has 1 aromatic carbocycles. The number of thiophene rings is 1. The molecular formula is C9H5IO2S2. The van der Waals surface area contributed by atoms with Gasteiger partial charge < -0.3 is 5.11 Å². The maximum atomic E-state index is 10.9. The van der Waals surface area contributed by atoms with Crippen molar-refractivity contribution in [3.63, 3.8) is 0 Å². The molecule has 0 aliphatic rings. The van der Waals surface area contributed by atoms with E-state index >= 15 is 0 Å². The molecule has 1 aromatic heterocycles.